The molecule has 24 heavy (non-hydrogen) atoms. The topological polar surface area (TPSA) is 75.3 Å². The standard InChI is InChI=1S/C18H16N2O3S/c1-10(21)12-3-6-14(7-4-12)19-18(23)13-5-8-16-15(9-13)20-17(22)11(2)24-16/h3-9,11H,1-2H3,(H,19,23)(H,20,22). The molecular formula is C18H16N2O3S. The maximum atomic E-state index is 12.4. The highest BCUT2D eigenvalue weighted by atomic mass is 32.2. The Balaban J connectivity index is 1.77. The number of ketones is 1. The van der Waals surface area contributed by atoms with Gasteiger partial charge in [-0.1, -0.05) is 0 Å². The summed E-state index contributed by atoms with van der Waals surface area (Å²) in [6.07, 6.45) is 0. The van der Waals surface area contributed by atoms with E-state index >= 15 is 0 Å². The zero-order chi connectivity index (χ0) is 17.3. The van der Waals surface area contributed by atoms with Crippen molar-refractivity contribution in [2.75, 3.05) is 10.6 Å². The summed E-state index contributed by atoms with van der Waals surface area (Å²) in [5.41, 5.74) is 2.31. The number of thioether (sulfide) groups is 1. The van der Waals surface area contributed by atoms with Crippen molar-refractivity contribution in [2.24, 2.45) is 0 Å². The lowest BCUT2D eigenvalue weighted by molar-refractivity contribution is -0.115. The van der Waals surface area contributed by atoms with Crippen LogP contribution in [0, 0.1) is 0 Å². The summed E-state index contributed by atoms with van der Waals surface area (Å²) in [6.45, 7) is 3.34. The number of benzene rings is 2. The highest BCUT2D eigenvalue weighted by Gasteiger charge is 2.23. The molecule has 1 aliphatic heterocycles. The first kappa shape index (κ1) is 16.3. The lowest BCUT2D eigenvalue weighted by atomic mass is 10.1. The fraction of sp³-hybridized carbons (Fsp3) is 0.167. The monoisotopic (exact) mass is 340 g/mol. The number of hydrogen-bond donors (Lipinski definition) is 2. The minimum absolute atomic E-state index is 0.0231. The zero-order valence-electron chi connectivity index (χ0n) is 13.3. The third kappa shape index (κ3) is 3.33. The molecule has 122 valence electrons. The molecule has 0 aromatic heterocycles. The molecule has 0 fully saturated rings. The largest absolute Gasteiger partial charge is 0.324 e. The number of nitrogens with one attached hydrogen (secondary N) is 2. The van der Waals surface area contributed by atoms with Crippen LogP contribution in [0.2, 0.25) is 0 Å². The molecule has 1 heterocycles. The van der Waals surface area contributed by atoms with Gasteiger partial charge in [0.2, 0.25) is 5.91 Å². The van der Waals surface area contributed by atoms with Crippen LogP contribution in [-0.4, -0.2) is 22.8 Å². The molecule has 2 N–H and O–H groups in total. The van der Waals surface area contributed by atoms with Gasteiger partial charge in [-0.15, -0.1) is 11.8 Å². The van der Waals surface area contributed by atoms with Gasteiger partial charge in [0, 0.05) is 21.7 Å². The molecule has 1 aliphatic rings. The van der Waals surface area contributed by atoms with Crippen LogP contribution in [0.3, 0.4) is 0 Å². The molecule has 0 saturated heterocycles. The Morgan fingerprint density at radius 1 is 1.08 bits per heavy atom. The third-order valence-corrected chi connectivity index (χ3v) is 4.90. The minimum atomic E-state index is -0.272. The maximum Gasteiger partial charge on any atom is 0.255 e. The molecule has 0 aliphatic carbocycles. The first-order valence-electron chi connectivity index (χ1n) is 7.48. The molecule has 2 aromatic rings. The average molecular weight is 340 g/mol. The Morgan fingerprint density at radius 3 is 2.42 bits per heavy atom. The van der Waals surface area contributed by atoms with Gasteiger partial charge in [-0.3, -0.25) is 14.4 Å². The van der Waals surface area contributed by atoms with Crippen LogP contribution in [0.5, 0.6) is 0 Å². The van der Waals surface area contributed by atoms with Crippen molar-refractivity contribution < 1.29 is 14.4 Å². The molecule has 2 amide bonds. The van der Waals surface area contributed by atoms with Crippen molar-refractivity contribution in [3.8, 4) is 0 Å². The predicted octanol–water partition coefficient (Wildman–Crippen LogP) is 3.57. The Labute approximate surface area is 143 Å². The van der Waals surface area contributed by atoms with Crippen LogP contribution in [-0.2, 0) is 4.79 Å². The number of fused-ring (bicyclic) bond motifs is 1. The second-order valence-electron chi connectivity index (χ2n) is 5.55. The molecule has 0 radical (unpaired) electrons. The van der Waals surface area contributed by atoms with Crippen molar-refractivity contribution >= 4 is 40.7 Å². The first-order valence-corrected chi connectivity index (χ1v) is 8.36. The average Bonchev–Trinajstić information content (AvgIpc) is 2.56. The summed E-state index contributed by atoms with van der Waals surface area (Å²) >= 11 is 1.47. The van der Waals surface area contributed by atoms with Gasteiger partial charge < -0.3 is 10.6 Å². The predicted molar refractivity (Wildman–Crippen MR) is 94.8 cm³/mol. The summed E-state index contributed by atoms with van der Waals surface area (Å²) in [4.78, 5) is 36.3. The number of amides is 2. The highest BCUT2D eigenvalue weighted by molar-refractivity contribution is 8.00. The molecule has 0 bridgehead atoms. The van der Waals surface area contributed by atoms with Crippen LogP contribution >= 0.6 is 11.8 Å². The smallest absolute Gasteiger partial charge is 0.255 e. The number of carbonyl (C=O) groups excluding carboxylic acids is 3. The van der Waals surface area contributed by atoms with E-state index in [2.05, 4.69) is 10.6 Å². The quantitative estimate of drug-likeness (QED) is 0.838. The van der Waals surface area contributed by atoms with E-state index in [1.807, 2.05) is 13.0 Å². The van der Waals surface area contributed by atoms with E-state index in [-0.39, 0.29) is 22.8 Å². The number of rotatable bonds is 3. The molecule has 0 spiro atoms. The Hall–Kier alpha value is -2.60. The second-order valence-corrected chi connectivity index (χ2v) is 6.93. The molecule has 3 rings (SSSR count). The van der Waals surface area contributed by atoms with Crippen LogP contribution in [0.4, 0.5) is 11.4 Å². The van der Waals surface area contributed by atoms with Crippen molar-refractivity contribution in [2.45, 2.75) is 24.0 Å². The van der Waals surface area contributed by atoms with Crippen molar-refractivity contribution in [3.05, 3.63) is 53.6 Å². The molecule has 5 nitrogen and oxygen atoms in total. The summed E-state index contributed by atoms with van der Waals surface area (Å²) in [6, 6.07) is 12.0. The minimum Gasteiger partial charge on any atom is -0.324 e. The molecule has 1 unspecified atom stereocenters. The first-order chi connectivity index (χ1) is 11.4. The van der Waals surface area contributed by atoms with E-state index in [1.165, 1.54) is 18.7 Å². The van der Waals surface area contributed by atoms with Gasteiger partial charge in [-0.2, -0.15) is 0 Å². The van der Waals surface area contributed by atoms with E-state index in [1.54, 1.807) is 36.4 Å². The fourth-order valence-corrected chi connectivity index (χ4v) is 3.27. The van der Waals surface area contributed by atoms with Gasteiger partial charge in [0.05, 0.1) is 10.9 Å². The normalized spacial score (nSPS) is 16.1. The van der Waals surface area contributed by atoms with Gasteiger partial charge in [0.25, 0.3) is 5.91 Å². The van der Waals surface area contributed by atoms with Crippen molar-refractivity contribution in [1.82, 2.24) is 0 Å². The van der Waals surface area contributed by atoms with E-state index in [0.717, 1.165) is 4.90 Å². The van der Waals surface area contributed by atoms with Crippen molar-refractivity contribution in [1.29, 1.82) is 0 Å². The number of hydrogen-bond acceptors (Lipinski definition) is 4. The van der Waals surface area contributed by atoms with Gasteiger partial charge in [-0.05, 0) is 56.3 Å². The highest BCUT2D eigenvalue weighted by Crippen LogP contribution is 2.36. The summed E-state index contributed by atoms with van der Waals surface area (Å²) in [5.74, 6) is -0.360. The maximum absolute atomic E-state index is 12.4. The van der Waals surface area contributed by atoms with Gasteiger partial charge in [0.1, 0.15) is 0 Å². The van der Waals surface area contributed by atoms with Crippen LogP contribution in [0.1, 0.15) is 34.6 Å². The molecule has 1 atom stereocenters. The second kappa shape index (κ2) is 6.49. The molecular weight excluding hydrogens is 324 g/mol. The number of Topliss-reactive ketones (excluding diaryl/α,β-unsaturated/α-hetero) is 1. The summed E-state index contributed by atoms with van der Waals surface area (Å²) in [7, 11) is 0. The van der Waals surface area contributed by atoms with Gasteiger partial charge in [0.15, 0.2) is 5.78 Å². The lowest BCUT2D eigenvalue weighted by Crippen LogP contribution is -2.26. The zero-order valence-corrected chi connectivity index (χ0v) is 14.1. The van der Waals surface area contributed by atoms with E-state index < -0.39 is 0 Å². The molecule has 0 saturated carbocycles. The lowest BCUT2D eigenvalue weighted by Gasteiger charge is -2.21. The summed E-state index contributed by atoms with van der Waals surface area (Å²) < 4.78 is 0. The number of anilines is 2. The van der Waals surface area contributed by atoms with Gasteiger partial charge >= 0.3 is 0 Å². The van der Waals surface area contributed by atoms with E-state index in [4.69, 9.17) is 0 Å². The SMILES string of the molecule is CC(=O)c1ccc(NC(=O)c2ccc3c(c2)NC(=O)C(C)S3)cc1. The Kier molecular flexibility index (Phi) is 4.40. The molecule has 2 aromatic carbocycles. The third-order valence-electron chi connectivity index (χ3n) is 3.72. The van der Waals surface area contributed by atoms with E-state index in [0.29, 0.717) is 22.5 Å². The number of carbonyl (C=O) groups is 3. The fourth-order valence-electron chi connectivity index (χ4n) is 2.34. The van der Waals surface area contributed by atoms with Gasteiger partial charge in [-0.25, -0.2) is 0 Å². The van der Waals surface area contributed by atoms with Crippen LogP contribution in [0.25, 0.3) is 0 Å². The van der Waals surface area contributed by atoms with Crippen LogP contribution in [0.15, 0.2) is 47.4 Å². The summed E-state index contributed by atoms with van der Waals surface area (Å²) in [5, 5.41) is 5.45. The van der Waals surface area contributed by atoms with E-state index in [9.17, 15) is 14.4 Å². The Morgan fingerprint density at radius 2 is 1.75 bits per heavy atom. The van der Waals surface area contributed by atoms with Crippen molar-refractivity contribution in [3.63, 3.8) is 0 Å². The molecule has 6 heteroatoms. The van der Waals surface area contributed by atoms with Crippen LogP contribution < -0.4 is 10.6 Å². The Bertz CT molecular complexity index is 831.